The molecule has 1 amide bonds. The molecule has 0 bridgehead atoms. The molecule has 1 N–H and O–H groups in total. The zero-order valence-electron chi connectivity index (χ0n) is 19.0. The maximum Gasteiger partial charge on any atom is 0.349 e. The summed E-state index contributed by atoms with van der Waals surface area (Å²) in [5.74, 6) is -1.96. The lowest BCUT2D eigenvalue weighted by Crippen LogP contribution is -2.21. The van der Waals surface area contributed by atoms with Gasteiger partial charge in [0.15, 0.2) is 0 Å². The van der Waals surface area contributed by atoms with Crippen LogP contribution < -0.4 is 10.9 Å². The first-order chi connectivity index (χ1) is 16.4. The van der Waals surface area contributed by atoms with Gasteiger partial charge in [0.25, 0.3) is 5.91 Å². The van der Waals surface area contributed by atoms with Gasteiger partial charge in [-0.05, 0) is 57.2 Å². The zero-order chi connectivity index (χ0) is 24.2. The zero-order valence-corrected chi connectivity index (χ0v) is 19.8. The van der Waals surface area contributed by atoms with Gasteiger partial charge in [0.1, 0.15) is 27.1 Å². The molecule has 0 atom stereocenters. The van der Waals surface area contributed by atoms with Crippen molar-refractivity contribution in [3.05, 3.63) is 62.3 Å². The lowest BCUT2D eigenvalue weighted by atomic mass is 9.98. The molecule has 1 aliphatic rings. The van der Waals surface area contributed by atoms with Gasteiger partial charge in [-0.3, -0.25) is 4.79 Å². The molecule has 1 saturated carbocycles. The molecule has 1 aromatic carbocycles. The van der Waals surface area contributed by atoms with E-state index in [1.54, 1.807) is 38.1 Å². The number of ether oxygens (including phenoxy) is 2. The van der Waals surface area contributed by atoms with Crippen molar-refractivity contribution in [2.75, 3.05) is 11.9 Å². The number of rotatable bonds is 6. The number of thiophene rings is 1. The smallest absolute Gasteiger partial charge is 0.349 e. The molecule has 1 fully saturated rings. The summed E-state index contributed by atoms with van der Waals surface area (Å²) < 4.78 is 16.1. The summed E-state index contributed by atoms with van der Waals surface area (Å²) in [5.41, 5.74) is -0.230. The van der Waals surface area contributed by atoms with E-state index in [0.29, 0.717) is 16.5 Å². The molecule has 34 heavy (non-hydrogen) atoms. The van der Waals surface area contributed by atoms with Crippen molar-refractivity contribution in [1.29, 1.82) is 0 Å². The predicted octanol–water partition coefficient (Wildman–Crippen LogP) is 5.08. The molecule has 8 nitrogen and oxygen atoms in total. The van der Waals surface area contributed by atoms with E-state index in [1.807, 2.05) is 0 Å². The topological polar surface area (TPSA) is 112 Å². The summed E-state index contributed by atoms with van der Waals surface area (Å²) in [5, 5.41) is 3.30. The minimum Gasteiger partial charge on any atom is -0.462 e. The molecule has 0 aliphatic heterocycles. The molecule has 0 saturated heterocycles. The molecule has 1 aliphatic carbocycles. The summed E-state index contributed by atoms with van der Waals surface area (Å²) in [7, 11) is 0. The van der Waals surface area contributed by atoms with Crippen LogP contribution >= 0.6 is 11.3 Å². The third-order valence-corrected chi connectivity index (χ3v) is 6.94. The van der Waals surface area contributed by atoms with Gasteiger partial charge < -0.3 is 19.2 Å². The van der Waals surface area contributed by atoms with Gasteiger partial charge in [-0.2, -0.15) is 0 Å². The quantitative estimate of drug-likeness (QED) is 0.384. The maximum atomic E-state index is 13.0. The van der Waals surface area contributed by atoms with E-state index in [0.717, 1.165) is 43.4 Å². The Morgan fingerprint density at radius 3 is 2.59 bits per heavy atom. The second-order valence-electron chi connectivity index (χ2n) is 8.09. The normalized spacial score (nSPS) is 14.1. The van der Waals surface area contributed by atoms with Gasteiger partial charge >= 0.3 is 17.6 Å². The van der Waals surface area contributed by atoms with E-state index >= 15 is 0 Å². The Morgan fingerprint density at radius 2 is 1.85 bits per heavy atom. The summed E-state index contributed by atoms with van der Waals surface area (Å²) in [6.45, 7) is 3.40. The number of benzene rings is 1. The SMILES string of the molecule is CCOC(=O)c1c(NC(=O)c2cc3ccccc3oc2=O)sc(C(=O)OC2CCCCC2)c1C. The third-order valence-electron chi connectivity index (χ3n) is 5.75. The Balaban J connectivity index is 1.66. The van der Waals surface area contributed by atoms with Crippen LogP contribution in [0.15, 0.2) is 39.5 Å². The Hall–Kier alpha value is -3.46. The summed E-state index contributed by atoms with van der Waals surface area (Å²) >= 11 is 0.930. The van der Waals surface area contributed by atoms with Crippen LogP contribution in [0.1, 0.15) is 75.0 Å². The average Bonchev–Trinajstić information content (AvgIpc) is 3.15. The molecule has 0 spiro atoms. The second-order valence-corrected chi connectivity index (χ2v) is 9.11. The monoisotopic (exact) mass is 483 g/mol. The Kier molecular flexibility index (Phi) is 7.12. The highest BCUT2D eigenvalue weighted by Gasteiger charge is 2.29. The van der Waals surface area contributed by atoms with Crippen molar-refractivity contribution in [3.63, 3.8) is 0 Å². The van der Waals surface area contributed by atoms with Gasteiger partial charge in [0, 0.05) is 5.39 Å². The maximum absolute atomic E-state index is 13.0. The fourth-order valence-electron chi connectivity index (χ4n) is 4.02. The highest BCUT2D eigenvalue weighted by Crippen LogP contribution is 2.35. The Bertz CT molecular complexity index is 1300. The van der Waals surface area contributed by atoms with E-state index in [9.17, 15) is 19.2 Å². The molecular formula is C25H25NO7S. The van der Waals surface area contributed by atoms with Crippen LogP contribution in [0, 0.1) is 6.92 Å². The molecule has 3 aromatic rings. The van der Waals surface area contributed by atoms with Crippen molar-refractivity contribution < 1.29 is 28.3 Å². The predicted molar refractivity (Wildman–Crippen MR) is 128 cm³/mol. The van der Waals surface area contributed by atoms with Crippen molar-refractivity contribution in [2.45, 2.75) is 52.1 Å². The van der Waals surface area contributed by atoms with Crippen molar-refractivity contribution in [2.24, 2.45) is 0 Å². The molecule has 0 unspecified atom stereocenters. The molecule has 9 heteroatoms. The van der Waals surface area contributed by atoms with E-state index in [-0.39, 0.29) is 33.7 Å². The van der Waals surface area contributed by atoms with Crippen LogP contribution in [0.3, 0.4) is 0 Å². The van der Waals surface area contributed by atoms with Gasteiger partial charge in [0.2, 0.25) is 0 Å². The van der Waals surface area contributed by atoms with Crippen LogP contribution in [0.25, 0.3) is 11.0 Å². The number of esters is 2. The lowest BCUT2D eigenvalue weighted by Gasteiger charge is -2.21. The minimum atomic E-state index is -0.806. The van der Waals surface area contributed by atoms with E-state index in [4.69, 9.17) is 13.9 Å². The van der Waals surface area contributed by atoms with E-state index in [2.05, 4.69) is 5.32 Å². The first-order valence-corrected chi connectivity index (χ1v) is 12.1. The first-order valence-electron chi connectivity index (χ1n) is 11.2. The number of hydrogen-bond acceptors (Lipinski definition) is 8. The Labute approximate surface area is 199 Å². The van der Waals surface area contributed by atoms with Gasteiger partial charge in [0.05, 0.1) is 12.2 Å². The number of fused-ring (bicyclic) bond motifs is 1. The second kappa shape index (κ2) is 10.2. The molecular weight excluding hydrogens is 458 g/mol. The summed E-state index contributed by atoms with van der Waals surface area (Å²) in [6, 6.07) is 8.26. The number of carbonyl (C=O) groups is 3. The van der Waals surface area contributed by atoms with Crippen molar-refractivity contribution in [3.8, 4) is 0 Å². The van der Waals surface area contributed by atoms with E-state index < -0.39 is 23.5 Å². The lowest BCUT2D eigenvalue weighted by molar-refractivity contribution is 0.0216. The third kappa shape index (κ3) is 4.89. The molecule has 0 radical (unpaired) electrons. The number of carbonyl (C=O) groups excluding carboxylic acids is 3. The van der Waals surface area contributed by atoms with Crippen molar-refractivity contribution in [1.82, 2.24) is 0 Å². The van der Waals surface area contributed by atoms with Gasteiger partial charge in [-0.15, -0.1) is 11.3 Å². The number of nitrogens with one attached hydrogen (secondary N) is 1. The van der Waals surface area contributed by atoms with Crippen LogP contribution in [0.4, 0.5) is 5.00 Å². The minimum absolute atomic E-state index is 0.0703. The fourth-order valence-corrected chi connectivity index (χ4v) is 5.10. The first kappa shape index (κ1) is 23.7. The molecule has 2 heterocycles. The number of para-hydroxylation sites is 1. The Morgan fingerprint density at radius 1 is 1.12 bits per heavy atom. The molecule has 2 aromatic heterocycles. The largest absolute Gasteiger partial charge is 0.462 e. The van der Waals surface area contributed by atoms with Crippen LogP contribution in [-0.2, 0) is 9.47 Å². The summed E-state index contributed by atoms with van der Waals surface area (Å²) in [4.78, 5) is 51.2. The molecule has 4 rings (SSSR count). The average molecular weight is 484 g/mol. The highest BCUT2D eigenvalue weighted by molar-refractivity contribution is 7.18. The highest BCUT2D eigenvalue weighted by atomic mass is 32.1. The summed E-state index contributed by atoms with van der Waals surface area (Å²) in [6.07, 6.45) is 4.59. The van der Waals surface area contributed by atoms with Crippen LogP contribution in [0.5, 0.6) is 0 Å². The standard InChI is InChI=1S/C25H25NO7S/c1-3-31-24(29)19-14(2)20(25(30)32-16-10-5-4-6-11-16)34-22(19)26-21(27)17-13-15-9-7-8-12-18(15)33-23(17)28/h7-9,12-13,16H,3-6,10-11H2,1-2H3,(H,26,27). The number of amides is 1. The van der Waals surface area contributed by atoms with Crippen LogP contribution in [-0.4, -0.2) is 30.6 Å². The van der Waals surface area contributed by atoms with Crippen LogP contribution in [0.2, 0.25) is 0 Å². The fraction of sp³-hybridized carbons (Fsp3) is 0.360. The molecule has 178 valence electrons. The number of hydrogen-bond donors (Lipinski definition) is 1. The van der Waals surface area contributed by atoms with Gasteiger partial charge in [-0.25, -0.2) is 14.4 Å². The van der Waals surface area contributed by atoms with E-state index in [1.165, 1.54) is 6.07 Å². The van der Waals surface area contributed by atoms with Gasteiger partial charge in [-0.1, -0.05) is 24.6 Å². The van der Waals surface area contributed by atoms with Crippen molar-refractivity contribution >= 4 is 45.2 Å². The number of anilines is 1.